The van der Waals surface area contributed by atoms with Crippen molar-refractivity contribution in [3.8, 4) is 5.75 Å². The molecule has 0 spiro atoms. The van der Waals surface area contributed by atoms with Gasteiger partial charge in [-0.15, -0.1) is 0 Å². The molecule has 2 aliphatic heterocycles. The van der Waals surface area contributed by atoms with Gasteiger partial charge in [-0.2, -0.15) is 0 Å². The van der Waals surface area contributed by atoms with Crippen molar-refractivity contribution < 1.29 is 14.3 Å². The normalized spacial score (nSPS) is 31.9. The van der Waals surface area contributed by atoms with Crippen LogP contribution < -0.4 is 15.4 Å². The Kier molecular flexibility index (Phi) is 6.96. The summed E-state index contributed by atoms with van der Waals surface area (Å²) in [6, 6.07) is 5.78. The summed E-state index contributed by atoms with van der Waals surface area (Å²) in [7, 11) is 0. The predicted octanol–water partition coefficient (Wildman–Crippen LogP) is 4.54. The van der Waals surface area contributed by atoms with Crippen LogP contribution in [0.1, 0.15) is 87.1 Å². The summed E-state index contributed by atoms with van der Waals surface area (Å²) >= 11 is 0. The molecule has 1 aromatic carbocycles. The van der Waals surface area contributed by atoms with Crippen LogP contribution in [-0.4, -0.2) is 41.4 Å². The van der Waals surface area contributed by atoms with Gasteiger partial charge in [-0.1, -0.05) is 32.8 Å². The van der Waals surface area contributed by atoms with E-state index < -0.39 is 6.04 Å². The minimum Gasteiger partial charge on any atom is -0.489 e. The fraction of sp³-hybridized carbons (Fsp3) is 0.643. The first-order valence-corrected chi connectivity index (χ1v) is 13.3. The second kappa shape index (κ2) is 10.1. The van der Waals surface area contributed by atoms with Gasteiger partial charge >= 0.3 is 0 Å². The molecule has 1 aromatic rings. The molecular weight excluding hydrogens is 426 g/mol. The third kappa shape index (κ3) is 5.02. The highest BCUT2D eigenvalue weighted by Crippen LogP contribution is 2.33. The predicted molar refractivity (Wildman–Crippen MR) is 132 cm³/mol. The Morgan fingerprint density at radius 3 is 2.68 bits per heavy atom. The number of hydrogen-bond acceptors (Lipinski definition) is 4. The fourth-order valence-corrected chi connectivity index (χ4v) is 6.20. The summed E-state index contributed by atoms with van der Waals surface area (Å²) in [6.07, 6.45) is 11.6. The molecule has 1 saturated heterocycles. The van der Waals surface area contributed by atoms with E-state index in [1.165, 1.54) is 38.5 Å². The van der Waals surface area contributed by atoms with Crippen LogP contribution in [0.3, 0.4) is 0 Å². The first-order chi connectivity index (χ1) is 16.5. The van der Waals surface area contributed by atoms with E-state index in [9.17, 15) is 9.59 Å². The van der Waals surface area contributed by atoms with Gasteiger partial charge in [0.1, 0.15) is 17.9 Å². The molecule has 4 aliphatic rings. The zero-order chi connectivity index (χ0) is 23.7. The van der Waals surface area contributed by atoms with Gasteiger partial charge in [-0.05, 0) is 87.1 Å². The largest absolute Gasteiger partial charge is 0.489 e. The van der Waals surface area contributed by atoms with Crippen molar-refractivity contribution in [2.45, 2.75) is 95.9 Å². The van der Waals surface area contributed by atoms with Gasteiger partial charge in [0.2, 0.25) is 5.91 Å². The zero-order valence-corrected chi connectivity index (χ0v) is 20.5. The highest BCUT2D eigenvalue weighted by atomic mass is 16.5. The Morgan fingerprint density at radius 2 is 1.88 bits per heavy atom. The van der Waals surface area contributed by atoms with Crippen LogP contribution in [0.4, 0.5) is 0 Å². The number of carbonyl (C=O) groups is 2. The van der Waals surface area contributed by atoms with Crippen molar-refractivity contribution >= 4 is 11.8 Å². The van der Waals surface area contributed by atoms with Crippen LogP contribution in [0.15, 0.2) is 30.5 Å². The van der Waals surface area contributed by atoms with E-state index in [1.807, 2.05) is 18.2 Å². The minimum atomic E-state index is -0.426. The molecule has 5 rings (SSSR count). The van der Waals surface area contributed by atoms with Gasteiger partial charge in [0.25, 0.3) is 5.91 Å². The van der Waals surface area contributed by atoms with E-state index in [0.717, 1.165) is 48.2 Å². The van der Waals surface area contributed by atoms with Crippen molar-refractivity contribution in [2.75, 3.05) is 6.54 Å². The summed E-state index contributed by atoms with van der Waals surface area (Å²) in [5.41, 5.74) is 2.38. The van der Waals surface area contributed by atoms with Gasteiger partial charge in [0, 0.05) is 23.8 Å². The van der Waals surface area contributed by atoms with Crippen LogP contribution in [-0.2, 0) is 11.3 Å². The van der Waals surface area contributed by atoms with Gasteiger partial charge in [0.05, 0.1) is 0 Å². The average molecular weight is 466 g/mol. The van der Waals surface area contributed by atoms with Gasteiger partial charge < -0.3 is 20.3 Å². The molecule has 184 valence electrons. The number of piperidine rings is 1. The van der Waals surface area contributed by atoms with Crippen molar-refractivity contribution in [3.05, 3.63) is 41.6 Å². The molecular formula is C28H39N3O3. The van der Waals surface area contributed by atoms with Crippen LogP contribution in [0.25, 0.3) is 0 Å². The molecule has 2 heterocycles. The minimum absolute atomic E-state index is 0.0618. The molecule has 3 atom stereocenters. The Labute approximate surface area is 203 Å². The number of fused-ring (bicyclic) bond motifs is 1. The fourth-order valence-electron chi connectivity index (χ4n) is 6.20. The number of nitrogens with one attached hydrogen (secondary N) is 2. The van der Waals surface area contributed by atoms with Crippen molar-refractivity contribution in [3.63, 3.8) is 0 Å². The Balaban J connectivity index is 1.21. The third-order valence-corrected chi connectivity index (χ3v) is 8.40. The molecule has 2 N–H and O–H groups in total. The SMILES string of the molecule is C=C1CCC(N2Cc3cc(O[C@@H]4CCCC[C@H]4NCC4CCC(C)CC4)ccc3C2=O)C(=O)N1. The number of hydrogen-bond donors (Lipinski definition) is 2. The Hall–Kier alpha value is -2.34. The van der Waals surface area contributed by atoms with Crippen LogP contribution in [0.2, 0.25) is 0 Å². The third-order valence-electron chi connectivity index (χ3n) is 8.40. The number of amides is 2. The second-order valence-electron chi connectivity index (χ2n) is 11.0. The molecule has 0 aromatic heterocycles. The maximum atomic E-state index is 13.0. The van der Waals surface area contributed by atoms with Crippen molar-refractivity contribution in [1.82, 2.24) is 15.5 Å². The first-order valence-electron chi connectivity index (χ1n) is 13.3. The van der Waals surface area contributed by atoms with Gasteiger partial charge in [0.15, 0.2) is 0 Å². The number of rotatable bonds is 6. The van der Waals surface area contributed by atoms with E-state index in [1.54, 1.807) is 4.90 Å². The summed E-state index contributed by atoms with van der Waals surface area (Å²) in [5.74, 6) is 2.33. The average Bonchev–Trinajstić information content (AvgIpc) is 3.15. The van der Waals surface area contributed by atoms with Crippen LogP contribution in [0.5, 0.6) is 5.75 Å². The maximum absolute atomic E-state index is 13.0. The monoisotopic (exact) mass is 465 g/mol. The number of benzene rings is 1. The lowest BCUT2D eigenvalue weighted by Gasteiger charge is -2.35. The van der Waals surface area contributed by atoms with E-state index in [0.29, 0.717) is 31.0 Å². The molecule has 1 unspecified atom stereocenters. The topological polar surface area (TPSA) is 70.7 Å². The van der Waals surface area contributed by atoms with E-state index in [4.69, 9.17) is 4.74 Å². The molecule has 34 heavy (non-hydrogen) atoms. The molecule has 0 radical (unpaired) electrons. The lowest BCUT2D eigenvalue weighted by atomic mass is 9.82. The number of ether oxygens (including phenoxy) is 1. The lowest BCUT2D eigenvalue weighted by molar-refractivity contribution is -0.126. The van der Waals surface area contributed by atoms with E-state index in [-0.39, 0.29) is 17.9 Å². The summed E-state index contributed by atoms with van der Waals surface area (Å²) in [6.45, 7) is 7.78. The highest BCUT2D eigenvalue weighted by molar-refractivity contribution is 6.01. The zero-order valence-electron chi connectivity index (χ0n) is 20.5. The molecule has 3 fully saturated rings. The Morgan fingerprint density at radius 1 is 1.09 bits per heavy atom. The van der Waals surface area contributed by atoms with Crippen molar-refractivity contribution in [1.29, 1.82) is 0 Å². The van der Waals surface area contributed by atoms with Gasteiger partial charge in [-0.3, -0.25) is 9.59 Å². The number of nitrogens with zero attached hydrogens (tertiary/aromatic N) is 1. The molecule has 2 saturated carbocycles. The van der Waals surface area contributed by atoms with Crippen molar-refractivity contribution in [2.24, 2.45) is 11.8 Å². The maximum Gasteiger partial charge on any atom is 0.255 e. The molecule has 0 bridgehead atoms. The highest BCUT2D eigenvalue weighted by Gasteiger charge is 2.38. The van der Waals surface area contributed by atoms with Crippen LogP contribution in [0, 0.1) is 11.8 Å². The molecule has 6 heteroatoms. The second-order valence-corrected chi connectivity index (χ2v) is 11.0. The first kappa shape index (κ1) is 23.4. The summed E-state index contributed by atoms with van der Waals surface area (Å²) in [4.78, 5) is 27.2. The standard InChI is InChI=1S/C28H39N3O3/c1-18-7-10-20(11-8-18)16-29-24-5-3-4-6-26(24)34-22-12-13-23-21(15-22)17-31(28(23)33)25-14-9-19(2)30-27(25)32/h12-13,15,18,20,24-26,29H,2-11,14,16-17H2,1H3,(H,30,32)/t18?,20?,24-,25?,26-/m1/s1. The summed E-state index contributed by atoms with van der Waals surface area (Å²) < 4.78 is 6.52. The quantitative estimate of drug-likeness (QED) is 0.647. The summed E-state index contributed by atoms with van der Waals surface area (Å²) in [5, 5.41) is 6.66. The molecule has 6 nitrogen and oxygen atoms in total. The number of allylic oxidation sites excluding steroid dienone is 1. The lowest BCUT2D eigenvalue weighted by Crippen LogP contribution is -2.49. The smallest absolute Gasteiger partial charge is 0.255 e. The van der Waals surface area contributed by atoms with Gasteiger partial charge in [-0.25, -0.2) is 0 Å². The van der Waals surface area contributed by atoms with E-state index in [2.05, 4.69) is 24.1 Å². The van der Waals surface area contributed by atoms with Crippen LogP contribution >= 0.6 is 0 Å². The van der Waals surface area contributed by atoms with E-state index >= 15 is 0 Å². The Bertz CT molecular complexity index is 937. The molecule has 2 aliphatic carbocycles. The molecule has 2 amide bonds. The number of carbonyl (C=O) groups excluding carboxylic acids is 2.